The van der Waals surface area contributed by atoms with Gasteiger partial charge in [-0.3, -0.25) is 0 Å². The molecule has 0 fully saturated rings. The quantitative estimate of drug-likeness (QED) is 0.736. The normalized spacial score (nSPS) is 12.7. The highest BCUT2D eigenvalue weighted by atomic mass is 19.1. The number of rotatable bonds is 8. The highest BCUT2D eigenvalue weighted by Crippen LogP contribution is 2.21. The van der Waals surface area contributed by atoms with Crippen molar-refractivity contribution >= 4 is 0 Å². The summed E-state index contributed by atoms with van der Waals surface area (Å²) in [6, 6.07) is 4.48. The summed E-state index contributed by atoms with van der Waals surface area (Å²) in [5.41, 5.74) is 0.278. The number of aliphatic hydroxyl groups is 1. The van der Waals surface area contributed by atoms with E-state index in [1.165, 1.54) is 19.1 Å². The Morgan fingerprint density at radius 3 is 2.47 bits per heavy atom. The van der Waals surface area contributed by atoms with Crippen molar-refractivity contribution in [3.63, 3.8) is 0 Å². The Morgan fingerprint density at radius 1 is 1.16 bits per heavy atom. The molecule has 0 spiro atoms. The molecular formula is C15H23FO3. The molecule has 1 N–H and O–H groups in total. The van der Waals surface area contributed by atoms with Crippen LogP contribution in [0.5, 0.6) is 5.75 Å². The summed E-state index contributed by atoms with van der Waals surface area (Å²) in [6.07, 6.45) is 0.214. The molecular weight excluding hydrogens is 247 g/mol. The summed E-state index contributed by atoms with van der Waals surface area (Å²) in [5.74, 6) is 0.630. The van der Waals surface area contributed by atoms with Gasteiger partial charge in [-0.2, -0.15) is 0 Å². The molecule has 1 atom stereocenters. The van der Waals surface area contributed by atoms with Gasteiger partial charge in [0.15, 0.2) is 0 Å². The molecule has 0 saturated heterocycles. The van der Waals surface area contributed by atoms with E-state index in [1.807, 2.05) is 0 Å². The predicted molar refractivity (Wildman–Crippen MR) is 72.8 cm³/mol. The molecule has 19 heavy (non-hydrogen) atoms. The van der Waals surface area contributed by atoms with Crippen LogP contribution < -0.4 is 4.74 Å². The molecule has 0 heterocycles. The van der Waals surface area contributed by atoms with Crippen molar-refractivity contribution in [3.05, 3.63) is 29.6 Å². The van der Waals surface area contributed by atoms with E-state index in [0.717, 1.165) is 13.0 Å². The second-order valence-electron chi connectivity index (χ2n) is 5.00. The fraction of sp³-hybridized carbons (Fsp3) is 0.600. The van der Waals surface area contributed by atoms with Gasteiger partial charge in [-0.1, -0.05) is 13.8 Å². The van der Waals surface area contributed by atoms with Gasteiger partial charge in [0.2, 0.25) is 0 Å². The highest BCUT2D eigenvalue weighted by Gasteiger charge is 2.08. The SMILES string of the molecule is CC(C)CCOCCOc1ccc(C(C)O)c(F)c1. The second kappa shape index (κ2) is 8.12. The number of hydrogen-bond donors (Lipinski definition) is 1. The van der Waals surface area contributed by atoms with Crippen LogP contribution in [0.2, 0.25) is 0 Å². The van der Waals surface area contributed by atoms with Crippen LogP contribution in [0.15, 0.2) is 18.2 Å². The maximum atomic E-state index is 13.5. The first-order valence-corrected chi connectivity index (χ1v) is 6.68. The van der Waals surface area contributed by atoms with Gasteiger partial charge < -0.3 is 14.6 Å². The van der Waals surface area contributed by atoms with E-state index in [9.17, 15) is 9.50 Å². The molecule has 0 saturated carbocycles. The lowest BCUT2D eigenvalue weighted by molar-refractivity contribution is 0.0924. The van der Waals surface area contributed by atoms with Gasteiger partial charge in [-0.05, 0) is 31.4 Å². The van der Waals surface area contributed by atoms with Gasteiger partial charge in [-0.25, -0.2) is 4.39 Å². The minimum atomic E-state index is -0.812. The predicted octanol–water partition coefficient (Wildman–Crippen LogP) is 3.32. The second-order valence-corrected chi connectivity index (χ2v) is 5.00. The molecule has 1 rings (SSSR count). The van der Waals surface area contributed by atoms with Crippen molar-refractivity contribution < 1.29 is 19.0 Å². The van der Waals surface area contributed by atoms with Gasteiger partial charge in [0.25, 0.3) is 0 Å². The monoisotopic (exact) mass is 270 g/mol. The molecule has 0 aliphatic carbocycles. The Labute approximate surface area is 114 Å². The Bertz CT molecular complexity index is 378. The Hall–Kier alpha value is -1.13. The van der Waals surface area contributed by atoms with Crippen LogP contribution in [0, 0.1) is 11.7 Å². The molecule has 1 aromatic carbocycles. The van der Waals surface area contributed by atoms with Crippen molar-refractivity contribution in [2.75, 3.05) is 19.8 Å². The van der Waals surface area contributed by atoms with Crippen LogP contribution in [0.3, 0.4) is 0 Å². The van der Waals surface area contributed by atoms with Gasteiger partial charge in [-0.15, -0.1) is 0 Å². The number of ether oxygens (including phenoxy) is 2. The molecule has 1 aromatic rings. The van der Waals surface area contributed by atoms with Gasteiger partial charge >= 0.3 is 0 Å². The summed E-state index contributed by atoms with van der Waals surface area (Å²) >= 11 is 0. The third-order valence-electron chi connectivity index (χ3n) is 2.76. The van der Waals surface area contributed by atoms with E-state index in [-0.39, 0.29) is 5.56 Å². The van der Waals surface area contributed by atoms with Crippen LogP contribution in [-0.2, 0) is 4.74 Å². The van der Waals surface area contributed by atoms with Gasteiger partial charge in [0, 0.05) is 18.2 Å². The molecule has 0 bridgehead atoms. The lowest BCUT2D eigenvalue weighted by atomic mass is 10.1. The van der Waals surface area contributed by atoms with Crippen LogP contribution in [0.25, 0.3) is 0 Å². The zero-order valence-corrected chi connectivity index (χ0v) is 11.9. The van der Waals surface area contributed by atoms with Crippen molar-refractivity contribution in [1.82, 2.24) is 0 Å². The summed E-state index contributed by atoms with van der Waals surface area (Å²) in [6.45, 7) is 7.43. The standard InChI is InChI=1S/C15H23FO3/c1-11(2)6-7-18-8-9-19-13-4-5-14(12(3)17)15(16)10-13/h4-5,10-12,17H,6-9H2,1-3H3. The molecule has 1 unspecified atom stereocenters. The van der Waals surface area contributed by atoms with E-state index in [2.05, 4.69) is 13.8 Å². The summed E-state index contributed by atoms with van der Waals surface area (Å²) < 4.78 is 24.3. The summed E-state index contributed by atoms with van der Waals surface area (Å²) in [7, 11) is 0. The fourth-order valence-electron chi connectivity index (χ4n) is 1.58. The average molecular weight is 270 g/mol. The molecule has 4 heteroatoms. The van der Waals surface area contributed by atoms with E-state index in [1.54, 1.807) is 6.07 Å². The van der Waals surface area contributed by atoms with Crippen molar-refractivity contribution in [3.8, 4) is 5.75 Å². The molecule has 0 aliphatic rings. The molecule has 3 nitrogen and oxygen atoms in total. The molecule has 108 valence electrons. The first-order chi connectivity index (χ1) is 9.00. The highest BCUT2D eigenvalue weighted by molar-refractivity contribution is 5.29. The van der Waals surface area contributed by atoms with E-state index in [0.29, 0.717) is 24.9 Å². The maximum Gasteiger partial charge on any atom is 0.132 e. The molecule has 0 aliphatic heterocycles. The first kappa shape index (κ1) is 15.9. The van der Waals surface area contributed by atoms with Crippen LogP contribution >= 0.6 is 0 Å². The molecule has 0 amide bonds. The van der Waals surface area contributed by atoms with E-state index >= 15 is 0 Å². The van der Waals surface area contributed by atoms with Crippen LogP contribution in [-0.4, -0.2) is 24.9 Å². The lowest BCUT2D eigenvalue weighted by Crippen LogP contribution is -2.09. The minimum absolute atomic E-state index is 0.278. The lowest BCUT2D eigenvalue weighted by Gasteiger charge is -2.10. The first-order valence-electron chi connectivity index (χ1n) is 6.68. The molecule has 0 aromatic heterocycles. The maximum absolute atomic E-state index is 13.5. The van der Waals surface area contributed by atoms with Gasteiger partial charge in [0.05, 0.1) is 12.7 Å². The van der Waals surface area contributed by atoms with Crippen molar-refractivity contribution in [2.45, 2.75) is 33.3 Å². The molecule has 0 radical (unpaired) electrons. The van der Waals surface area contributed by atoms with Gasteiger partial charge in [0.1, 0.15) is 18.2 Å². The zero-order chi connectivity index (χ0) is 14.3. The fourth-order valence-corrected chi connectivity index (χ4v) is 1.58. The summed E-state index contributed by atoms with van der Waals surface area (Å²) in [4.78, 5) is 0. The minimum Gasteiger partial charge on any atom is -0.491 e. The Morgan fingerprint density at radius 2 is 1.89 bits per heavy atom. The smallest absolute Gasteiger partial charge is 0.132 e. The van der Waals surface area contributed by atoms with E-state index in [4.69, 9.17) is 9.47 Å². The third kappa shape index (κ3) is 6.03. The number of aliphatic hydroxyl groups excluding tert-OH is 1. The van der Waals surface area contributed by atoms with Crippen molar-refractivity contribution in [1.29, 1.82) is 0 Å². The van der Waals surface area contributed by atoms with Crippen molar-refractivity contribution in [2.24, 2.45) is 5.92 Å². The largest absolute Gasteiger partial charge is 0.491 e. The topological polar surface area (TPSA) is 38.7 Å². The third-order valence-corrected chi connectivity index (χ3v) is 2.76. The zero-order valence-electron chi connectivity index (χ0n) is 11.9. The number of hydrogen-bond acceptors (Lipinski definition) is 3. The average Bonchev–Trinajstić information content (AvgIpc) is 2.32. The van der Waals surface area contributed by atoms with Crippen LogP contribution in [0.1, 0.15) is 38.9 Å². The number of halogens is 1. The number of benzene rings is 1. The van der Waals surface area contributed by atoms with E-state index < -0.39 is 11.9 Å². The summed E-state index contributed by atoms with van der Waals surface area (Å²) in [5, 5.41) is 9.31. The Balaban J connectivity index is 2.28. The van der Waals surface area contributed by atoms with Crippen LogP contribution in [0.4, 0.5) is 4.39 Å². The Kier molecular flexibility index (Phi) is 6.81.